The van der Waals surface area contributed by atoms with Gasteiger partial charge in [0.2, 0.25) is 5.88 Å². The van der Waals surface area contributed by atoms with Crippen molar-refractivity contribution in [3.8, 4) is 11.6 Å². The molecule has 0 spiro atoms. The summed E-state index contributed by atoms with van der Waals surface area (Å²) in [6, 6.07) is 11.1. The smallest absolute Gasteiger partial charge is 0.269 e. The number of carbonyl (C=O) groups excluding carboxylic acids is 1. The number of nitrogens with zero attached hydrogens (tertiary/aromatic N) is 3. The van der Waals surface area contributed by atoms with Gasteiger partial charge in [0.1, 0.15) is 21.3 Å². The first kappa shape index (κ1) is 23.2. The Hall–Kier alpha value is -3.01. The molecular formula is C24H23N3O4S2. The molecule has 0 atom stereocenters. The molecule has 170 valence electrons. The first-order chi connectivity index (χ1) is 15.9. The fraction of sp³-hybridized carbons (Fsp3) is 0.250. The van der Waals surface area contributed by atoms with E-state index in [1.807, 2.05) is 38.1 Å². The molecule has 7 nitrogen and oxygen atoms in total. The van der Waals surface area contributed by atoms with Crippen molar-refractivity contribution in [1.29, 1.82) is 0 Å². The molecule has 3 aromatic rings. The lowest BCUT2D eigenvalue weighted by atomic mass is 10.2. The van der Waals surface area contributed by atoms with Gasteiger partial charge >= 0.3 is 0 Å². The maximum absolute atomic E-state index is 13.4. The number of thioether (sulfide) groups is 1. The highest BCUT2D eigenvalue weighted by Crippen LogP contribution is 2.34. The van der Waals surface area contributed by atoms with Gasteiger partial charge in [0.25, 0.3) is 11.5 Å². The normalized spacial score (nSPS) is 15.1. The van der Waals surface area contributed by atoms with Crippen LogP contribution in [0.2, 0.25) is 0 Å². The lowest BCUT2D eigenvalue weighted by Gasteiger charge is -2.13. The Bertz CT molecular complexity index is 1330. The van der Waals surface area contributed by atoms with E-state index in [4.69, 9.17) is 21.7 Å². The first-order valence-electron chi connectivity index (χ1n) is 10.4. The molecule has 1 aliphatic heterocycles. The fourth-order valence-electron chi connectivity index (χ4n) is 3.47. The average molecular weight is 482 g/mol. The Morgan fingerprint density at radius 2 is 2.00 bits per heavy atom. The van der Waals surface area contributed by atoms with Crippen molar-refractivity contribution in [1.82, 2.24) is 14.3 Å². The summed E-state index contributed by atoms with van der Waals surface area (Å²) in [4.78, 5) is 33.0. The summed E-state index contributed by atoms with van der Waals surface area (Å²) < 4.78 is 13.0. The molecule has 0 saturated carbocycles. The molecule has 1 aromatic carbocycles. The summed E-state index contributed by atoms with van der Waals surface area (Å²) in [6.07, 6.45) is 3.85. The molecule has 1 saturated heterocycles. The predicted molar refractivity (Wildman–Crippen MR) is 134 cm³/mol. The molecule has 9 heteroatoms. The third-order valence-electron chi connectivity index (χ3n) is 5.13. The Morgan fingerprint density at radius 1 is 1.18 bits per heavy atom. The van der Waals surface area contributed by atoms with Crippen LogP contribution < -0.4 is 10.3 Å². The van der Waals surface area contributed by atoms with Crippen LogP contribution in [0, 0.1) is 13.8 Å². The van der Waals surface area contributed by atoms with E-state index in [1.54, 1.807) is 25.4 Å². The minimum atomic E-state index is -0.323. The Balaban J connectivity index is 1.80. The van der Waals surface area contributed by atoms with E-state index >= 15 is 0 Å². The molecule has 1 aliphatic rings. The van der Waals surface area contributed by atoms with Gasteiger partial charge in [-0.3, -0.25) is 18.9 Å². The van der Waals surface area contributed by atoms with Crippen LogP contribution in [0.25, 0.3) is 11.7 Å². The number of fused-ring (bicyclic) bond motifs is 1. The quantitative estimate of drug-likeness (QED) is 0.282. The van der Waals surface area contributed by atoms with Crippen LogP contribution in [-0.2, 0) is 9.53 Å². The van der Waals surface area contributed by atoms with E-state index in [0.717, 1.165) is 11.1 Å². The van der Waals surface area contributed by atoms with E-state index < -0.39 is 0 Å². The van der Waals surface area contributed by atoms with Gasteiger partial charge in [0.15, 0.2) is 0 Å². The van der Waals surface area contributed by atoms with E-state index in [0.29, 0.717) is 40.2 Å². The first-order valence-corrected chi connectivity index (χ1v) is 11.6. The molecule has 3 heterocycles. The molecular weight excluding hydrogens is 458 g/mol. The second kappa shape index (κ2) is 9.86. The number of aromatic nitrogens is 2. The van der Waals surface area contributed by atoms with Crippen molar-refractivity contribution in [2.75, 3.05) is 20.3 Å². The van der Waals surface area contributed by atoms with Gasteiger partial charge < -0.3 is 9.47 Å². The summed E-state index contributed by atoms with van der Waals surface area (Å²) in [7, 11) is 1.61. The number of amides is 1. The molecule has 0 bridgehead atoms. The zero-order valence-corrected chi connectivity index (χ0v) is 20.2. The zero-order valence-electron chi connectivity index (χ0n) is 18.5. The summed E-state index contributed by atoms with van der Waals surface area (Å²) in [5.41, 5.74) is 2.21. The number of pyridine rings is 1. The molecule has 0 aliphatic carbocycles. The maximum Gasteiger partial charge on any atom is 0.269 e. The fourth-order valence-corrected chi connectivity index (χ4v) is 4.77. The summed E-state index contributed by atoms with van der Waals surface area (Å²) in [6.45, 7) is 4.81. The number of carbonyl (C=O) groups is 1. The topological polar surface area (TPSA) is 73.1 Å². The number of benzene rings is 1. The van der Waals surface area contributed by atoms with Gasteiger partial charge in [-0.15, -0.1) is 0 Å². The monoisotopic (exact) mass is 481 g/mol. The minimum Gasteiger partial charge on any atom is -0.438 e. The predicted octanol–water partition coefficient (Wildman–Crippen LogP) is 4.34. The number of aryl methyl sites for hydroxylation is 2. The zero-order chi connectivity index (χ0) is 23.5. The third kappa shape index (κ3) is 4.85. The van der Waals surface area contributed by atoms with Gasteiger partial charge in [-0.1, -0.05) is 42.2 Å². The maximum atomic E-state index is 13.4. The highest BCUT2D eigenvalue weighted by atomic mass is 32.2. The van der Waals surface area contributed by atoms with Gasteiger partial charge in [-0.25, -0.2) is 0 Å². The van der Waals surface area contributed by atoms with Crippen molar-refractivity contribution in [3.63, 3.8) is 0 Å². The van der Waals surface area contributed by atoms with E-state index in [2.05, 4.69) is 4.98 Å². The van der Waals surface area contributed by atoms with Crippen LogP contribution in [0.15, 0.2) is 52.3 Å². The summed E-state index contributed by atoms with van der Waals surface area (Å²) >= 11 is 6.56. The van der Waals surface area contributed by atoms with Gasteiger partial charge in [0.05, 0.1) is 4.91 Å². The standard InChI is InChI=1S/C24H23N3O4S2/c1-15-7-4-9-17(13-15)31-21-18(22(28)26-10-5-8-16(2)20(26)25-21)14-19-23(29)27(24(32)33-19)11-6-12-30-3/h4-5,7-10,13-14H,6,11-12H2,1-3H3/b19-14+. The van der Waals surface area contributed by atoms with Gasteiger partial charge in [-0.05, 0) is 55.7 Å². The SMILES string of the molecule is COCCCN1C(=O)/C(=C\c2c(Oc3cccc(C)c3)nc3c(C)cccn3c2=O)SC1=S. The van der Waals surface area contributed by atoms with Crippen molar-refractivity contribution in [2.24, 2.45) is 0 Å². The molecule has 33 heavy (non-hydrogen) atoms. The van der Waals surface area contributed by atoms with E-state index in [9.17, 15) is 9.59 Å². The minimum absolute atomic E-state index is 0.143. The molecule has 1 amide bonds. The Labute approximate surface area is 201 Å². The number of ether oxygens (including phenoxy) is 2. The van der Waals surface area contributed by atoms with Crippen LogP contribution in [-0.4, -0.2) is 44.8 Å². The van der Waals surface area contributed by atoms with Crippen LogP contribution in [0.1, 0.15) is 23.1 Å². The van der Waals surface area contributed by atoms with Crippen LogP contribution in [0.5, 0.6) is 11.6 Å². The lowest BCUT2D eigenvalue weighted by molar-refractivity contribution is -0.122. The molecule has 1 fully saturated rings. The van der Waals surface area contributed by atoms with Gasteiger partial charge in [-0.2, -0.15) is 4.98 Å². The Kier molecular flexibility index (Phi) is 6.92. The average Bonchev–Trinajstić information content (AvgIpc) is 3.04. The second-order valence-corrected chi connectivity index (χ2v) is 9.29. The largest absolute Gasteiger partial charge is 0.438 e. The highest BCUT2D eigenvalue weighted by molar-refractivity contribution is 8.26. The Morgan fingerprint density at radius 3 is 2.76 bits per heavy atom. The van der Waals surface area contributed by atoms with Crippen molar-refractivity contribution in [2.45, 2.75) is 20.3 Å². The van der Waals surface area contributed by atoms with Crippen molar-refractivity contribution >= 4 is 45.9 Å². The highest BCUT2D eigenvalue weighted by Gasteiger charge is 2.32. The van der Waals surface area contributed by atoms with Crippen LogP contribution >= 0.6 is 24.0 Å². The molecule has 0 radical (unpaired) electrons. The third-order valence-corrected chi connectivity index (χ3v) is 6.51. The van der Waals surface area contributed by atoms with Crippen molar-refractivity contribution < 1.29 is 14.3 Å². The number of rotatable bonds is 7. The number of methoxy groups -OCH3 is 1. The van der Waals surface area contributed by atoms with Gasteiger partial charge in [0, 0.05) is 26.5 Å². The molecule has 2 aromatic heterocycles. The molecule has 0 unspecified atom stereocenters. The summed E-state index contributed by atoms with van der Waals surface area (Å²) in [5.74, 6) is 0.461. The van der Waals surface area contributed by atoms with E-state index in [1.165, 1.54) is 27.1 Å². The van der Waals surface area contributed by atoms with Crippen LogP contribution in [0.3, 0.4) is 0 Å². The van der Waals surface area contributed by atoms with E-state index in [-0.39, 0.29) is 22.9 Å². The summed E-state index contributed by atoms with van der Waals surface area (Å²) in [5, 5.41) is 0. The number of hydrogen-bond donors (Lipinski definition) is 0. The lowest BCUT2D eigenvalue weighted by Crippen LogP contribution is -2.29. The van der Waals surface area contributed by atoms with Crippen molar-refractivity contribution in [3.05, 3.63) is 74.5 Å². The molecule has 0 N–H and O–H groups in total. The second-order valence-electron chi connectivity index (χ2n) is 7.62. The van der Waals surface area contributed by atoms with Crippen LogP contribution in [0.4, 0.5) is 0 Å². The number of thiocarbonyl (C=S) groups is 1. The number of hydrogen-bond acceptors (Lipinski definition) is 7. The molecule has 4 rings (SSSR count).